The Morgan fingerprint density at radius 2 is 2.00 bits per heavy atom. The normalized spacial score (nSPS) is 10.7. The van der Waals surface area contributed by atoms with Crippen LogP contribution in [-0.4, -0.2) is 20.4 Å². The van der Waals surface area contributed by atoms with Crippen LogP contribution in [0.5, 0.6) is 0 Å². The van der Waals surface area contributed by atoms with Crippen LogP contribution in [-0.2, 0) is 6.54 Å². The van der Waals surface area contributed by atoms with E-state index in [1.165, 1.54) is 22.0 Å². The molecule has 0 saturated heterocycles. The number of amides is 1. The fraction of sp³-hybridized carbons (Fsp3) is 0.0526. The Kier molecular flexibility index (Phi) is 4.63. The van der Waals surface area contributed by atoms with Gasteiger partial charge in [0.15, 0.2) is 10.9 Å². The van der Waals surface area contributed by atoms with E-state index in [1.807, 2.05) is 23.6 Å². The number of rotatable bonds is 5. The molecule has 0 radical (unpaired) electrons. The van der Waals surface area contributed by atoms with Crippen LogP contribution in [0.3, 0.4) is 0 Å². The van der Waals surface area contributed by atoms with E-state index in [9.17, 15) is 9.59 Å². The lowest BCUT2D eigenvalue weighted by Crippen LogP contribution is -2.18. The second-order valence-electron chi connectivity index (χ2n) is 5.64. The topological polar surface area (TPSA) is 90.0 Å². The molecule has 4 heterocycles. The van der Waals surface area contributed by atoms with Crippen molar-refractivity contribution < 1.29 is 9.21 Å². The average Bonchev–Trinajstić information content (AvgIpc) is 3.34. The minimum atomic E-state index is -0.399. The van der Waals surface area contributed by atoms with Gasteiger partial charge in [0, 0.05) is 23.8 Å². The fourth-order valence-corrected chi connectivity index (χ4v) is 3.17. The van der Waals surface area contributed by atoms with E-state index >= 15 is 0 Å². The summed E-state index contributed by atoms with van der Waals surface area (Å²) < 4.78 is 7.06. The van der Waals surface area contributed by atoms with Crippen molar-refractivity contribution in [3.8, 4) is 11.4 Å². The average molecular weight is 378 g/mol. The maximum absolute atomic E-state index is 12.4. The van der Waals surface area contributed by atoms with Gasteiger partial charge in [-0.15, -0.1) is 11.3 Å². The van der Waals surface area contributed by atoms with Gasteiger partial charge in [0.25, 0.3) is 11.5 Å². The fourth-order valence-electron chi connectivity index (χ4n) is 2.47. The smallest absolute Gasteiger partial charge is 0.293 e. The van der Waals surface area contributed by atoms with Gasteiger partial charge in [-0.2, -0.15) is 0 Å². The summed E-state index contributed by atoms with van der Waals surface area (Å²) in [5, 5.41) is 5.00. The number of hydrogen-bond donors (Lipinski definition) is 1. The van der Waals surface area contributed by atoms with Gasteiger partial charge in [0.1, 0.15) is 11.5 Å². The molecular weight excluding hydrogens is 364 g/mol. The van der Waals surface area contributed by atoms with Crippen molar-refractivity contribution >= 4 is 22.4 Å². The van der Waals surface area contributed by atoms with Gasteiger partial charge in [-0.05, 0) is 30.3 Å². The highest BCUT2D eigenvalue weighted by Gasteiger charge is 2.14. The zero-order chi connectivity index (χ0) is 18.6. The molecule has 4 rings (SSSR count). The molecule has 1 amide bonds. The lowest BCUT2D eigenvalue weighted by molar-refractivity contribution is 0.0994. The number of carbonyl (C=O) groups is 1. The molecule has 8 heteroatoms. The maximum atomic E-state index is 12.4. The Bertz CT molecular complexity index is 1130. The molecule has 7 nitrogen and oxygen atoms in total. The first-order valence-electron chi connectivity index (χ1n) is 8.11. The Morgan fingerprint density at radius 3 is 2.81 bits per heavy atom. The number of thiazole rings is 1. The first kappa shape index (κ1) is 16.9. The van der Waals surface area contributed by atoms with Crippen molar-refractivity contribution in [3.05, 3.63) is 88.2 Å². The summed E-state index contributed by atoms with van der Waals surface area (Å²) in [6.45, 7) is 0.258. The molecule has 0 saturated carbocycles. The van der Waals surface area contributed by atoms with E-state index in [1.54, 1.807) is 36.7 Å². The summed E-state index contributed by atoms with van der Waals surface area (Å²) in [6.07, 6.45) is 3.36. The predicted octanol–water partition coefficient (Wildman–Crippen LogP) is 3.26. The van der Waals surface area contributed by atoms with Gasteiger partial charge >= 0.3 is 0 Å². The van der Waals surface area contributed by atoms with Crippen LogP contribution in [0.1, 0.15) is 16.3 Å². The number of hydrogen-bond acceptors (Lipinski definition) is 6. The molecule has 134 valence electrons. The minimum Gasteiger partial charge on any atom is -0.454 e. The molecule has 0 fully saturated rings. The molecule has 4 aromatic heterocycles. The summed E-state index contributed by atoms with van der Waals surface area (Å²) in [4.78, 5) is 32.7. The third-order valence-electron chi connectivity index (χ3n) is 3.76. The second-order valence-corrected chi connectivity index (χ2v) is 6.50. The number of nitrogens with one attached hydrogen (secondary N) is 1. The molecule has 0 spiro atoms. The molecule has 0 aliphatic heterocycles. The molecule has 0 aromatic carbocycles. The first-order valence-corrected chi connectivity index (χ1v) is 8.99. The lowest BCUT2D eigenvalue weighted by atomic mass is 10.3. The number of furan rings is 1. The van der Waals surface area contributed by atoms with Gasteiger partial charge in [0.05, 0.1) is 12.2 Å². The van der Waals surface area contributed by atoms with Gasteiger partial charge in [-0.25, -0.2) is 4.98 Å². The molecule has 0 aliphatic rings. The summed E-state index contributed by atoms with van der Waals surface area (Å²) in [5.41, 5.74) is 1.30. The van der Waals surface area contributed by atoms with Crippen molar-refractivity contribution in [2.24, 2.45) is 0 Å². The highest BCUT2D eigenvalue weighted by atomic mass is 32.1. The number of carbonyl (C=O) groups excluding carboxylic acids is 1. The summed E-state index contributed by atoms with van der Waals surface area (Å²) in [5.74, 6) is 0.272. The number of pyridine rings is 2. The molecular formula is C19H14N4O3S. The highest BCUT2D eigenvalue weighted by molar-refractivity contribution is 7.14. The van der Waals surface area contributed by atoms with Crippen molar-refractivity contribution in [1.29, 1.82) is 0 Å². The van der Waals surface area contributed by atoms with Crippen molar-refractivity contribution in [3.63, 3.8) is 0 Å². The summed E-state index contributed by atoms with van der Waals surface area (Å²) in [7, 11) is 0. The van der Waals surface area contributed by atoms with E-state index in [2.05, 4.69) is 15.3 Å². The molecule has 0 aliphatic carbocycles. The summed E-state index contributed by atoms with van der Waals surface area (Å²) in [6, 6.07) is 13.7. The SMILES string of the molecule is O=C(Nc1nc(-c2ccccn2)cs1)c1ccc(Cn2ccccc2=O)o1. The van der Waals surface area contributed by atoms with Gasteiger partial charge in [0.2, 0.25) is 0 Å². The van der Waals surface area contributed by atoms with E-state index < -0.39 is 5.91 Å². The standard InChI is InChI=1S/C19H14N4O3S/c24-17-6-2-4-10-23(17)11-13-7-8-16(26-13)18(25)22-19-21-15(12-27-19)14-5-1-3-9-20-14/h1-10,12H,11H2,(H,21,22,25). The molecule has 0 bridgehead atoms. The van der Waals surface area contributed by atoms with Gasteiger partial charge in [-0.1, -0.05) is 12.1 Å². The quantitative estimate of drug-likeness (QED) is 0.576. The van der Waals surface area contributed by atoms with Crippen LogP contribution in [0.4, 0.5) is 5.13 Å². The Morgan fingerprint density at radius 1 is 1.11 bits per heavy atom. The first-order chi connectivity index (χ1) is 13.2. The molecule has 4 aromatic rings. The van der Waals surface area contributed by atoms with Crippen LogP contribution in [0.25, 0.3) is 11.4 Å². The Balaban J connectivity index is 1.45. The van der Waals surface area contributed by atoms with E-state index in [0.717, 1.165) is 5.69 Å². The Labute approximate surface area is 158 Å². The summed E-state index contributed by atoms with van der Waals surface area (Å²) >= 11 is 1.31. The number of aromatic nitrogens is 3. The van der Waals surface area contributed by atoms with E-state index in [4.69, 9.17) is 4.42 Å². The minimum absolute atomic E-state index is 0.135. The molecule has 0 atom stereocenters. The number of anilines is 1. The monoisotopic (exact) mass is 378 g/mol. The van der Waals surface area contributed by atoms with Crippen molar-refractivity contribution in [2.45, 2.75) is 6.54 Å². The second kappa shape index (κ2) is 7.38. The zero-order valence-electron chi connectivity index (χ0n) is 14.0. The van der Waals surface area contributed by atoms with E-state index in [0.29, 0.717) is 16.6 Å². The molecule has 1 N–H and O–H groups in total. The van der Waals surface area contributed by atoms with Crippen molar-refractivity contribution in [1.82, 2.24) is 14.5 Å². The Hall–Kier alpha value is -3.52. The van der Waals surface area contributed by atoms with Crippen LogP contribution >= 0.6 is 11.3 Å². The molecule has 0 unspecified atom stereocenters. The zero-order valence-corrected chi connectivity index (χ0v) is 14.8. The third-order valence-corrected chi connectivity index (χ3v) is 4.52. The largest absolute Gasteiger partial charge is 0.454 e. The van der Waals surface area contributed by atoms with Gasteiger partial charge in [-0.3, -0.25) is 19.9 Å². The van der Waals surface area contributed by atoms with Crippen LogP contribution in [0.15, 0.2) is 75.5 Å². The van der Waals surface area contributed by atoms with Crippen LogP contribution < -0.4 is 10.9 Å². The van der Waals surface area contributed by atoms with Gasteiger partial charge < -0.3 is 8.98 Å². The van der Waals surface area contributed by atoms with Crippen LogP contribution in [0.2, 0.25) is 0 Å². The number of nitrogens with zero attached hydrogens (tertiary/aromatic N) is 3. The highest BCUT2D eigenvalue weighted by Crippen LogP contribution is 2.23. The third kappa shape index (κ3) is 3.85. The van der Waals surface area contributed by atoms with E-state index in [-0.39, 0.29) is 17.9 Å². The lowest BCUT2D eigenvalue weighted by Gasteiger charge is -2.02. The maximum Gasteiger partial charge on any atom is 0.293 e. The van der Waals surface area contributed by atoms with Crippen molar-refractivity contribution in [2.75, 3.05) is 5.32 Å². The molecule has 27 heavy (non-hydrogen) atoms. The van der Waals surface area contributed by atoms with Crippen LogP contribution in [0, 0.1) is 0 Å². The predicted molar refractivity (Wildman–Crippen MR) is 102 cm³/mol.